The smallest absolute Gasteiger partial charge is 0.310 e. The van der Waals surface area contributed by atoms with Crippen molar-refractivity contribution in [2.45, 2.75) is 12.8 Å². The molecular weight excluding hydrogens is 264 g/mol. The summed E-state index contributed by atoms with van der Waals surface area (Å²) in [6.07, 6.45) is 0. The highest BCUT2D eigenvalue weighted by Gasteiger charge is 2.22. The summed E-state index contributed by atoms with van der Waals surface area (Å²) in [4.78, 5) is 13.0. The number of ether oxygens (including phenoxy) is 1. The summed E-state index contributed by atoms with van der Waals surface area (Å²) in [6.45, 7) is 1.62. The Bertz CT molecular complexity index is 489. The van der Waals surface area contributed by atoms with E-state index in [0.29, 0.717) is 22.1 Å². The Hall–Kier alpha value is -1.82. The summed E-state index contributed by atoms with van der Waals surface area (Å²) in [5, 5.41) is 12.7. The van der Waals surface area contributed by atoms with Crippen molar-refractivity contribution in [1.82, 2.24) is 4.90 Å². The van der Waals surface area contributed by atoms with E-state index in [1.807, 2.05) is 14.1 Å². The highest BCUT2D eigenvalue weighted by Crippen LogP contribution is 2.33. The summed E-state index contributed by atoms with van der Waals surface area (Å²) in [5.41, 5.74) is 1.23. The number of hydrogen-bond acceptors (Lipinski definition) is 3. The maximum absolute atomic E-state index is 11.2. The molecule has 0 fully saturated rings. The second kappa shape index (κ2) is 6.38. The fourth-order valence-corrected chi connectivity index (χ4v) is 1.74. The van der Waals surface area contributed by atoms with Gasteiger partial charge in [-0.2, -0.15) is 0 Å². The molecule has 0 heterocycles. The molecule has 0 aromatic heterocycles. The number of thiocarbonyl (C=S) groups is 1. The largest absolute Gasteiger partial charge is 0.496 e. The van der Waals surface area contributed by atoms with Gasteiger partial charge >= 0.3 is 5.97 Å². The van der Waals surface area contributed by atoms with Crippen molar-refractivity contribution in [3.63, 3.8) is 0 Å². The average molecular weight is 282 g/mol. The summed E-state index contributed by atoms with van der Waals surface area (Å²) in [7, 11) is 5.15. The third-order valence-electron chi connectivity index (χ3n) is 2.74. The summed E-state index contributed by atoms with van der Waals surface area (Å²) >= 11 is 5.18. The van der Waals surface area contributed by atoms with Gasteiger partial charge in [0, 0.05) is 25.3 Å². The molecule has 1 aromatic rings. The zero-order valence-electron chi connectivity index (χ0n) is 11.4. The van der Waals surface area contributed by atoms with Gasteiger partial charge < -0.3 is 20.1 Å². The standard InChI is InChI=1S/C13H18N2O3S/c1-8(12(16)17)11-9(14-13(19)15(2)3)6-5-7-10(11)18-4/h5-8H,1-4H3,(H,14,19)(H,16,17). The maximum Gasteiger partial charge on any atom is 0.310 e. The second-order valence-corrected chi connectivity index (χ2v) is 4.69. The van der Waals surface area contributed by atoms with Crippen LogP contribution in [0.1, 0.15) is 18.4 Å². The third-order valence-corrected chi connectivity index (χ3v) is 3.20. The average Bonchev–Trinajstić information content (AvgIpc) is 2.37. The van der Waals surface area contributed by atoms with Gasteiger partial charge in [-0.25, -0.2) is 0 Å². The van der Waals surface area contributed by atoms with Crippen molar-refractivity contribution in [2.24, 2.45) is 0 Å². The molecule has 0 saturated heterocycles. The Balaban J connectivity index is 3.23. The molecule has 0 aliphatic heterocycles. The van der Waals surface area contributed by atoms with Gasteiger partial charge in [-0.05, 0) is 31.3 Å². The first-order valence-corrected chi connectivity index (χ1v) is 6.17. The van der Waals surface area contributed by atoms with Crippen molar-refractivity contribution < 1.29 is 14.6 Å². The minimum atomic E-state index is -0.914. The van der Waals surface area contributed by atoms with E-state index in [1.165, 1.54) is 7.11 Å². The predicted molar refractivity (Wildman–Crippen MR) is 79.0 cm³/mol. The minimum absolute atomic E-state index is 0.507. The van der Waals surface area contributed by atoms with E-state index >= 15 is 0 Å². The molecule has 19 heavy (non-hydrogen) atoms. The highest BCUT2D eigenvalue weighted by molar-refractivity contribution is 7.80. The van der Waals surface area contributed by atoms with Gasteiger partial charge in [0.15, 0.2) is 5.11 Å². The van der Waals surface area contributed by atoms with Crippen LogP contribution >= 0.6 is 12.2 Å². The van der Waals surface area contributed by atoms with Crippen molar-refractivity contribution in [1.29, 1.82) is 0 Å². The van der Waals surface area contributed by atoms with Crippen LogP contribution in [-0.4, -0.2) is 42.3 Å². The lowest BCUT2D eigenvalue weighted by Crippen LogP contribution is -2.28. The van der Waals surface area contributed by atoms with E-state index in [9.17, 15) is 9.90 Å². The van der Waals surface area contributed by atoms with Crippen molar-refractivity contribution in [3.05, 3.63) is 23.8 Å². The minimum Gasteiger partial charge on any atom is -0.496 e. The number of rotatable bonds is 4. The van der Waals surface area contributed by atoms with Gasteiger partial charge in [0.1, 0.15) is 5.75 Å². The SMILES string of the molecule is COc1cccc(NC(=S)N(C)C)c1C(C)C(=O)O. The molecule has 0 bridgehead atoms. The van der Waals surface area contributed by atoms with Crippen LogP contribution in [-0.2, 0) is 4.79 Å². The quantitative estimate of drug-likeness (QED) is 0.825. The van der Waals surface area contributed by atoms with Crippen molar-refractivity contribution >= 4 is 29.0 Å². The molecule has 2 N–H and O–H groups in total. The molecular formula is C13H18N2O3S. The molecule has 1 atom stereocenters. The summed E-state index contributed by atoms with van der Waals surface area (Å²) in [6, 6.07) is 5.31. The normalized spacial score (nSPS) is 11.6. The van der Waals surface area contributed by atoms with Crippen LogP contribution in [0.4, 0.5) is 5.69 Å². The van der Waals surface area contributed by atoms with E-state index < -0.39 is 11.9 Å². The Morgan fingerprint density at radius 1 is 1.47 bits per heavy atom. The molecule has 1 unspecified atom stereocenters. The molecule has 0 spiro atoms. The van der Waals surface area contributed by atoms with E-state index in [0.717, 1.165) is 0 Å². The molecule has 5 nitrogen and oxygen atoms in total. The molecule has 0 aliphatic carbocycles. The molecule has 0 radical (unpaired) electrons. The molecule has 0 amide bonds. The number of hydrogen-bond donors (Lipinski definition) is 2. The Morgan fingerprint density at radius 2 is 2.11 bits per heavy atom. The first-order valence-electron chi connectivity index (χ1n) is 5.76. The van der Waals surface area contributed by atoms with Crippen LogP contribution in [0.3, 0.4) is 0 Å². The van der Waals surface area contributed by atoms with Gasteiger partial charge in [0.25, 0.3) is 0 Å². The fraction of sp³-hybridized carbons (Fsp3) is 0.385. The van der Waals surface area contributed by atoms with Gasteiger partial charge in [-0.15, -0.1) is 0 Å². The second-order valence-electron chi connectivity index (χ2n) is 4.31. The lowest BCUT2D eigenvalue weighted by atomic mass is 9.98. The third kappa shape index (κ3) is 3.57. The first-order chi connectivity index (χ1) is 8.88. The van der Waals surface area contributed by atoms with Gasteiger partial charge in [0.2, 0.25) is 0 Å². The molecule has 1 aromatic carbocycles. The van der Waals surface area contributed by atoms with E-state index in [-0.39, 0.29) is 0 Å². The van der Waals surface area contributed by atoms with Crippen LogP contribution in [0.2, 0.25) is 0 Å². The monoisotopic (exact) mass is 282 g/mol. The number of anilines is 1. The molecule has 104 valence electrons. The number of nitrogens with one attached hydrogen (secondary N) is 1. The number of aliphatic carboxylic acids is 1. The van der Waals surface area contributed by atoms with E-state index in [1.54, 1.807) is 30.0 Å². The van der Waals surface area contributed by atoms with Gasteiger partial charge in [0.05, 0.1) is 13.0 Å². The zero-order valence-corrected chi connectivity index (χ0v) is 12.2. The lowest BCUT2D eigenvalue weighted by Gasteiger charge is -2.21. The molecule has 0 aliphatic rings. The number of carboxylic acid groups (broad SMARTS) is 1. The Morgan fingerprint density at radius 3 is 2.58 bits per heavy atom. The summed E-state index contributed by atoms with van der Waals surface area (Å²) in [5.74, 6) is -1.08. The van der Waals surface area contributed by atoms with E-state index in [4.69, 9.17) is 17.0 Å². The van der Waals surface area contributed by atoms with Crippen molar-refractivity contribution in [2.75, 3.05) is 26.5 Å². The fourth-order valence-electron chi connectivity index (χ4n) is 1.63. The highest BCUT2D eigenvalue weighted by atomic mass is 32.1. The van der Waals surface area contributed by atoms with Crippen LogP contribution in [0.5, 0.6) is 5.75 Å². The zero-order chi connectivity index (χ0) is 14.6. The number of nitrogens with zero attached hydrogens (tertiary/aromatic N) is 1. The number of methoxy groups -OCH3 is 1. The van der Waals surface area contributed by atoms with Gasteiger partial charge in [-0.3, -0.25) is 4.79 Å². The molecule has 1 rings (SSSR count). The lowest BCUT2D eigenvalue weighted by molar-refractivity contribution is -0.138. The number of carboxylic acids is 1. The Kier molecular flexibility index (Phi) is 5.11. The molecule has 0 saturated carbocycles. The number of carbonyl (C=O) groups is 1. The predicted octanol–water partition coefficient (Wildman–Crippen LogP) is 2.14. The van der Waals surface area contributed by atoms with E-state index in [2.05, 4.69) is 5.32 Å². The van der Waals surface area contributed by atoms with Crippen molar-refractivity contribution in [3.8, 4) is 5.75 Å². The van der Waals surface area contributed by atoms with Gasteiger partial charge in [-0.1, -0.05) is 6.07 Å². The summed E-state index contributed by atoms with van der Waals surface area (Å²) < 4.78 is 5.24. The van der Waals surface area contributed by atoms with Crippen LogP contribution in [0.15, 0.2) is 18.2 Å². The topological polar surface area (TPSA) is 61.8 Å². The first kappa shape index (κ1) is 15.2. The Labute approximate surface area is 118 Å². The van der Waals surface area contributed by atoms with Crippen LogP contribution in [0.25, 0.3) is 0 Å². The molecule has 6 heteroatoms. The van der Waals surface area contributed by atoms with Crippen LogP contribution < -0.4 is 10.1 Å². The van der Waals surface area contributed by atoms with Crippen LogP contribution in [0, 0.1) is 0 Å². The maximum atomic E-state index is 11.2. The number of benzene rings is 1.